The van der Waals surface area contributed by atoms with Crippen molar-refractivity contribution in [1.82, 2.24) is 9.80 Å². The lowest BCUT2D eigenvalue weighted by Gasteiger charge is -2.47. The highest BCUT2D eigenvalue weighted by Crippen LogP contribution is 2.49. The van der Waals surface area contributed by atoms with Gasteiger partial charge in [0.05, 0.1) is 25.2 Å². The van der Waals surface area contributed by atoms with Crippen molar-refractivity contribution in [3.05, 3.63) is 88.0 Å². The van der Waals surface area contributed by atoms with Gasteiger partial charge in [-0.1, -0.05) is 30.3 Å². The van der Waals surface area contributed by atoms with Crippen molar-refractivity contribution in [3.63, 3.8) is 0 Å². The Balaban J connectivity index is 1.36. The number of piperazine rings is 1. The van der Waals surface area contributed by atoms with Crippen molar-refractivity contribution >= 4 is 17.5 Å². The number of carbonyl (C=O) groups is 2. The molecule has 0 aromatic heterocycles. The van der Waals surface area contributed by atoms with Crippen LogP contribution in [0.15, 0.2) is 54.6 Å². The molecule has 7 heteroatoms. The molecule has 41 heavy (non-hydrogen) atoms. The summed E-state index contributed by atoms with van der Waals surface area (Å²) in [4.78, 5) is 34.6. The molecule has 2 amide bonds. The molecule has 0 radical (unpaired) electrons. The van der Waals surface area contributed by atoms with Crippen LogP contribution in [0.1, 0.15) is 64.0 Å². The number of rotatable bonds is 6. The lowest BCUT2D eigenvalue weighted by Crippen LogP contribution is -2.54. The summed E-state index contributed by atoms with van der Waals surface area (Å²) in [5.41, 5.74) is 7.36. The Morgan fingerprint density at radius 3 is 2.29 bits per heavy atom. The van der Waals surface area contributed by atoms with E-state index in [1.807, 2.05) is 54.0 Å². The lowest BCUT2D eigenvalue weighted by atomic mass is 9.75. The first kappa shape index (κ1) is 27.2. The van der Waals surface area contributed by atoms with Gasteiger partial charge in [-0.25, -0.2) is 0 Å². The van der Waals surface area contributed by atoms with E-state index in [2.05, 4.69) is 43.0 Å². The largest absolute Gasteiger partial charge is 0.490 e. The van der Waals surface area contributed by atoms with Crippen LogP contribution in [0.3, 0.4) is 0 Å². The molecular formula is C34H39N3O4. The third kappa shape index (κ3) is 4.71. The van der Waals surface area contributed by atoms with Gasteiger partial charge < -0.3 is 24.2 Å². The Labute approximate surface area is 242 Å². The average Bonchev–Trinajstić information content (AvgIpc) is 2.99. The number of fused-ring (bicyclic) bond motifs is 4. The van der Waals surface area contributed by atoms with E-state index in [4.69, 9.17) is 9.47 Å². The molecular weight excluding hydrogens is 514 g/mol. The predicted molar refractivity (Wildman–Crippen MR) is 160 cm³/mol. The average molecular weight is 554 g/mol. The number of ether oxygens (including phenoxy) is 2. The zero-order chi connectivity index (χ0) is 28.7. The molecule has 7 nitrogen and oxygen atoms in total. The van der Waals surface area contributed by atoms with Gasteiger partial charge in [-0.05, 0) is 86.2 Å². The molecule has 3 aliphatic heterocycles. The minimum atomic E-state index is -0.484. The second-order valence-electron chi connectivity index (χ2n) is 11.2. The Kier molecular flexibility index (Phi) is 7.37. The number of benzene rings is 3. The molecule has 214 valence electrons. The summed E-state index contributed by atoms with van der Waals surface area (Å²) in [6.07, 6.45) is 0.710. The third-order valence-electron chi connectivity index (χ3n) is 8.96. The summed E-state index contributed by atoms with van der Waals surface area (Å²) in [7, 11) is 0. The van der Waals surface area contributed by atoms with Crippen LogP contribution in [-0.2, 0) is 11.2 Å². The molecule has 6 rings (SSSR count). The van der Waals surface area contributed by atoms with E-state index in [0.717, 1.165) is 35.5 Å². The molecule has 3 aliphatic rings. The highest BCUT2D eigenvalue weighted by Gasteiger charge is 2.48. The van der Waals surface area contributed by atoms with Crippen molar-refractivity contribution in [3.8, 4) is 11.5 Å². The first-order chi connectivity index (χ1) is 19.9. The quantitative estimate of drug-likeness (QED) is 0.415. The molecule has 0 aliphatic carbocycles. The number of hydrogen-bond acceptors (Lipinski definition) is 5. The fraction of sp³-hybridized carbons (Fsp3) is 0.412. The predicted octanol–water partition coefficient (Wildman–Crippen LogP) is 5.29. The highest BCUT2D eigenvalue weighted by atomic mass is 16.5. The fourth-order valence-corrected chi connectivity index (χ4v) is 6.78. The third-order valence-corrected chi connectivity index (χ3v) is 8.96. The SMILES string of the molecule is CCOc1cc2c(cc1OCC)[C@@H]1[C@H](C(=O)N3CCN(c4cccc(C)c4C)CC3)c3ccccc3C(=O)N1CC2. The molecule has 3 aromatic rings. The number of hydrogen-bond donors (Lipinski definition) is 0. The highest BCUT2D eigenvalue weighted by molar-refractivity contribution is 6.01. The van der Waals surface area contributed by atoms with E-state index in [-0.39, 0.29) is 17.9 Å². The maximum absolute atomic E-state index is 14.5. The second-order valence-corrected chi connectivity index (χ2v) is 11.2. The van der Waals surface area contributed by atoms with E-state index in [9.17, 15) is 9.59 Å². The normalized spacial score (nSPS) is 19.8. The first-order valence-corrected chi connectivity index (χ1v) is 14.8. The van der Waals surface area contributed by atoms with Crippen LogP contribution >= 0.6 is 0 Å². The van der Waals surface area contributed by atoms with Gasteiger partial charge in [-0.2, -0.15) is 0 Å². The van der Waals surface area contributed by atoms with Gasteiger partial charge >= 0.3 is 0 Å². The molecule has 0 bridgehead atoms. The Morgan fingerprint density at radius 2 is 1.56 bits per heavy atom. The fourth-order valence-electron chi connectivity index (χ4n) is 6.78. The number of nitrogens with zero attached hydrogens (tertiary/aromatic N) is 3. The number of amides is 2. The van der Waals surface area contributed by atoms with Crippen LogP contribution in [0.4, 0.5) is 5.69 Å². The van der Waals surface area contributed by atoms with Crippen LogP contribution in [-0.4, -0.2) is 67.6 Å². The summed E-state index contributed by atoms with van der Waals surface area (Å²) in [5.74, 6) is 0.971. The molecule has 3 heterocycles. The van der Waals surface area contributed by atoms with E-state index >= 15 is 0 Å². The molecule has 0 N–H and O–H groups in total. The van der Waals surface area contributed by atoms with Gasteiger partial charge in [0.25, 0.3) is 5.91 Å². The van der Waals surface area contributed by atoms with Crippen molar-refractivity contribution in [2.75, 3.05) is 50.8 Å². The Bertz CT molecular complexity index is 1480. The monoisotopic (exact) mass is 553 g/mol. The number of anilines is 1. The topological polar surface area (TPSA) is 62.3 Å². The Hall–Kier alpha value is -4.00. The molecule has 0 unspecified atom stereocenters. The van der Waals surface area contributed by atoms with Crippen molar-refractivity contribution in [1.29, 1.82) is 0 Å². The summed E-state index contributed by atoms with van der Waals surface area (Å²) in [6, 6.07) is 17.8. The van der Waals surface area contributed by atoms with E-state index in [1.165, 1.54) is 16.8 Å². The summed E-state index contributed by atoms with van der Waals surface area (Å²) in [6.45, 7) is 12.7. The van der Waals surface area contributed by atoms with Crippen LogP contribution in [0.25, 0.3) is 0 Å². The molecule has 1 fully saturated rings. The summed E-state index contributed by atoms with van der Waals surface area (Å²) in [5, 5.41) is 0. The van der Waals surface area contributed by atoms with Gasteiger partial charge in [0, 0.05) is 44.0 Å². The molecule has 1 saturated heterocycles. The molecule has 2 atom stereocenters. The summed E-state index contributed by atoms with van der Waals surface area (Å²) >= 11 is 0. The van der Waals surface area contributed by atoms with Crippen LogP contribution in [0, 0.1) is 13.8 Å². The molecule has 3 aromatic carbocycles. The second kappa shape index (κ2) is 11.1. The van der Waals surface area contributed by atoms with Crippen molar-refractivity contribution in [2.45, 2.75) is 46.1 Å². The van der Waals surface area contributed by atoms with E-state index in [1.54, 1.807) is 0 Å². The summed E-state index contributed by atoms with van der Waals surface area (Å²) < 4.78 is 11.9. The standard InChI is InChI=1S/C34H39N3O4/c1-5-40-29-20-24-14-15-37-32(27(24)21-30(29)41-6-2)31(25-11-7-8-12-26(25)33(37)38)34(39)36-18-16-35(17-19-36)28-13-9-10-22(3)23(28)4/h7-13,20-21,31-32H,5-6,14-19H2,1-4H3/t31-,32-/m1/s1. The lowest BCUT2D eigenvalue weighted by molar-refractivity contribution is -0.135. The first-order valence-electron chi connectivity index (χ1n) is 14.8. The van der Waals surface area contributed by atoms with Crippen LogP contribution in [0.2, 0.25) is 0 Å². The van der Waals surface area contributed by atoms with Gasteiger partial charge in [0.1, 0.15) is 0 Å². The smallest absolute Gasteiger partial charge is 0.254 e. The van der Waals surface area contributed by atoms with Gasteiger partial charge in [0.15, 0.2) is 11.5 Å². The van der Waals surface area contributed by atoms with E-state index < -0.39 is 5.92 Å². The zero-order valence-corrected chi connectivity index (χ0v) is 24.5. The minimum absolute atomic E-state index is 0.00751. The zero-order valence-electron chi connectivity index (χ0n) is 24.5. The molecule has 0 spiro atoms. The number of carbonyl (C=O) groups excluding carboxylic acids is 2. The number of aryl methyl sites for hydroxylation is 1. The minimum Gasteiger partial charge on any atom is -0.490 e. The maximum atomic E-state index is 14.5. The van der Waals surface area contributed by atoms with E-state index in [0.29, 0.717) is 50.6 Å². The Morgan fingerprint density at radius 1 is 0.854 bits per heavy atom. The van der Waals surface area contributed by atoms with Gasteiger partial charge in [-0.3, -0.25) is 9.59 Å². The molecule has 0 saturated carbocycles. The van der Waals surface area contributed by atoms with Gasteiger partial charge in [-0.15, -0.1) is 0 Å². The van der Waals surface area contributed by atoms with Gasteiger partial charge in [0.2, 0.25) is 5.91 Å². The van der Waals surface area contributed by atoms with Crippen molar-refractivity contribution in [2.24, 2.45) is 0 Å². The maximum Gasteiger partial charge on any atom is 0.254 e. The van der Waals surface area contributed by atoms with Crippen LogP contribution < -0.4 is 14.4 Å². The van der Waals surface area contributed by atoms with Crippen LogP contribution in [0.5, 0.6) is 11.5 Å². The van der Waals surface area contributed by atoms with Crippen molar-refractivity contribution < 1.29 is 19.1 Å².